The molecule has 1 unspecified atom stereocenters. The molecule has 1 atom stereocenters. The van der Waals surface area contributed by atoms with E-state index in [1.807, 2.05) is 0 Å². The molecule has 0 bridgehead atoms. The average Bonchev–Trinajstić information content (AvgIpc) is 2.84. The van der Waals surface area contributed by atoms with Gasteiger partial charge in [-0.3, -0.25) is 4.90 Å². The summed E-state index contributed by atoms with van der Waals surface area (Å²) < 4.78 is 0. The minimum Gasteiger partial charge on any atom is -0.315 e. The predicted octanol–water partition coefficient (Wildman–Crippen LogP) is 2.68. The Labute approximate surface area is 111 Å². The number of likely N-dealkylation sites (N-methyl/N-ethyl adjacent to an activating group) is 1. The molecule has 1 aromatic carbocycles. The fraction of sp³-hybridized carbons (Fsp3) is 0.625. The Hall–Kier alpha value is -0.860. The molecular weight excluding hydrogens is 220 g/mol. The zero-order valence-corrected chi connectivity index (χ0v) is 11.9. The normalized spacial score (nSPS) is 19.9. The first-order valence-electron chi connectivity index (χ1n) is 7.14. The highest BCUT2D eigenvalue weighted by Gasteiger charge is 2.18. The molecule has 18 heavy (non-hydrogen) atoms. The lowest BCUT2D eigenvalue weighted by Crippen LogP contribution is -2.32. The zero-order valence-electron chi connectivity index (χ0n) is 11.9. The molecule has 2 rings (SSSR count). The van der Waals surface area contributed by atoms with Crippen LogP contribution in [-0.4, -0.2) is 31.1 Å². The van der Waals surface area contributed by atoms with Gasteiger partial charge in [-0.25, -0.2) is 0 Å². The highest BCUT2D eigenvalue weighted by atomic mass is 15.2. The van der Waals surface area contributed by atoms with Gasteiger partial charge in [-0.2, -0.15) is 0 Å². The highest BCUT2D eigenvalue weighted by molar-refractivity contribution is 5.22. The molecule has 2 heteroatoms. The molecule has 0 spiro atoms. The Morgan fingerprint density at radius 3 is 2.44 bits per heavy atom. The van der Waals surface area contributed by atoms with E-state index < -0.39 is 0 Å². The van der Waals surface area contributed by atoms with Gasteiger partial charge in [-0.1, -0.05) is 38.1 Å². The van der Waals surface area contributed by atoms with E-state index in [0.717, 1.165) is 19.0 Å². The molecule has 0 aromatic heterocycles. The summed E-state index contributed by atoms with van der Waals surface area (Å²) in [5, 5.41) is 3.43. The van der Waals surface area contributed by atoms with E-state index in [1.54, 1.807) is 0 Å². The van der Waals surface area contributed by atoms with Gasteiger partial charge in [0.1, 0.15) is 0 Å². The van der Waals surface area contributed by atoms with Crippen LogP contribution < -0.4 is 5.32 Å². The summed E-state index contributed by atoms with van der Waals surface area (Å²) in [5.74, 6) is 0.739. The maximum Gasteiger partial charge on any atom is 0.0234 e. The third-order valence-corrected chi connectivity index (χ3v) is 3.76. The smallest absolute Gasteiger partial charge is 0.0234 e. The van der Waals surface area contributed by atoms with Crippen LogP contribution in [-0.2, 0) is 13.0 Å². The number of rotatable bonds is 5. The Kier molecular flexibility index (Phi) is 4.79. The third kappa shape index (κ3) is 3.82. The molecule has 1 aliphatic heterocycles. The van der Waals surface area contributed by atoms with Gasteiger partial charge in [0.2, 0.25) is 0 Å². The number of hydrogen-bond donors (Lipinski definition) is 1. The quantitative estimate of drug-likeness (QED) is 0.859. The number of nitrogens with one attached hydrogen (secondary N) is 1. The summed E-state index contributed by atoms with van der Waals surface area (Å²) >= 11 is 0. The molecule has 0 amide bonds. The van der Waals surface area contributed by atoms with E-state index in [4.69, 9.17) is 0 Å². The van der Waals surface area contributed by atoms with Crippen molar-refractivity contribution in [3.05, 3.63) is 35.4 Å². The summed E-state index contributed by atoms with van der Waals surface area (Å²) in [6.45, 7) is 7.92. The van der Waals surface area contributed by atoms with Crippen molar-refractivity contribution in [2.24, 2.45) is 5.92 Å². The van der Waals surface area contributed by atoms with Crippen molar-refractivity contribution in [3.63, 3.8) is 0 Å². The summed E-state index contributed by atoms with van der Waals surface area (Å²) in [7, 11) is 2.24. The van der Waals surface area contributed by atoms with Crippen molar-refractivity contribution in [1.29, 1.82) is 0 Å². The molecule has 0 radical (unpaired) electrons. The fourth-order valence-electron chi connectivity index (χ4n) is 2.68. The van der Waals surface area contributed by atoms with E-state index in [1.165, 1.54) is 30.5 Å². The van der Waals surface area contributed by atoms with Gasteiger partial charge in [-0.05, 0) is 43.5 Å². The summed E-state index contributed by atoms with van der Waals surface area (Å²) in [5.41, 5.74) is 2.89. The van der Waals surface area contributed by atoms with Crippen LogP contribution in [0.25, 0.3) is 0 Å². The largest absolute Gasteiger partial charge is 0.315 e. The number of nitrogens with zero attached hydrogens (tertiary/aromatic N) is 1. The average molecular weight is 246 g/mol. The topological polar surface area (TPSA) is 15.3 Å². The van der Waals surface area contributed by atoms with Crippen molar-refractivity contribution in [3.8, 4) is 0 Å². The standard InChI is InChI=1S/C16H26N2/c1-13(2)10-14-4-6-15(7-5-14)12-18(3)16-8-9-17-11-16/h4-7,13,16-17H,8-12H2,1-3H3. The Morgan fingerprint density at radius 2 is 1.89 bits per heavy atom. The van der Waals surface area contributed by atoms with Gasteiger partial charge in [0.15, 0.2) is 0 Å². The molecule has 1 aliphatic rings. The van der Waals surface area contributed by atoms with Crippen molar-refractivity contribution < 1.29 is 0 Å². The Balaban J connectivity index is 1.89. The molecule has 0 saturated carbocycles. The van der Waals surface area contributed by atoms with Gasteiger partial charge in [0.25, 0.3) is 0 Å². The van der Waals surface area contributed by atoms with Crippen LogP contribution in [0.15, 0.2) is 24.3 Å². The second-order valence-electron chi connectivity index (χ2n) is 5.98. The van der Waals surface area contributed by atoms with Gasteiger partial charge in [0, 0.05) is 19.1 Å². The fourth-order valence-corrected chi connectivity index (χ4v) is 2.68. The Bertz CT molecular complexity index is 350. The summed E-state index contributed by atoms with van der Waals surface area (Å²) in [6.07, 6.45) is 2.46. The second kappa shape index (κ2) is 6.35. The van der Waals surface area contributed by atoms with Crippen LogP contribution in [0.5, 0.6) is 0 Å². The maximum atomic E-state index is 3.43. The third-order valence-electron chi connectivity index (χ3n) is 3.76. The van der Waals surface area contributed by atoms with Gasteiger partial charge >= 0.3 is 0 Å². The number of hydrogen-bond acceptors (Lipinski definition) is 2. The lowest BCUT2D eigenvalue weighted by Gasteiger charge is -2.23. The van der Waals surface area contributed by atoms with Gasteiger partial charge in [-0.15, -0.1) is 0 Å². The monoisotopic (exact) mass is 246 g/mol. The molecule has 2 nitrogen and oxygen atoms in total. The van der Waals surface area contributed by atoms with Crippen LogP contribution in [0.3, 0.4) is 0 Å². The second-order valence-corrected chi connectivity index (χ2v) is 5.98. The molecule has 1 aromatic rings. The summed E-state index contributed by atoms with van der Waals surface area (Å²) in [6, 6.07) is 9.86. The van der Waals surface area contributed by atoms with Crippen molar-refractivity contribution in [2.75, 3.05) is 20.1 Å². The molecule has 100 valence electrons. The summed E-state index contributed by atoms with van der Waals surface area (Å²) in [4.78, 5) is 2.47. The first kappa shape index (κ1) is 13.6. The SMILES string of the molecule is CC(C)Cc1ccc(CN(C)C2CCNC2)cc1. The lowest BCUT2D eigenvalue weighted by atomic mass is 10.0. The first-order valence-corrected chi connectivity index (χ1v) is 7.14. The highest BCUT2D eigenvalue weighted by Crippen LogP contribution is 2.14. The van der Waals surface area contributed by atoms with E-state index in [-0.39, 0.29) is 0 Å². The zero-order chi connectivity index (χ0) is 13.0. The lowest BCUT2D eigenvalue weighted by molar-refractivity contribution is 0.249. The molecule has 1 saturated heterocycles. The molecule has 1 fully saturated rings. The van der Waals surface area contributed by atoms with Crippen LogP contribution in [0.4, 0.5) is 0 Å². The van der Waals surface area contributed by atoms with E-state index in [0.29, 0.717) is 6.04 Å². The molecule has 1 N–H and O–H groups in total. The minimum absolute atomic E-state index is 0.709. The van der Waals surface area contributed by atoms with Crippen LogP contribution in [0.1, 0.15) is 31.4 Å². The van der Waals surface area contributed by atoms with Crippen molar-refractivity contribution in [1.82, 2.24) is 10.2 Å². The van der Waals surface area contributed by atoms with Crippen LogP contribution in [0, 0.1) is 5.92 Å². The minimum atomic E-state index is 0.709. The van der Waals surface area contributed by atoms with Crippen LogP contribution >= 0.6 is 0 Å². The maximum absolute atomic E-state index is 3.43. The Morgan fingerprint density at radius 1 is 1.22 bits per heavy atom. The molecular formula is C16H26N2. The van der Waals surface area contributed by atoms with Gasteiger partial charge < -0.3 is 5.32 Å². The number of benzene rings is 1. The molecule has 1 heterocycles. The van der Waals surface area contributed by atoms with E-state index in [9.17, 15) is 0 Å². The van der Waals surface area contributed by atoms with Crippen LogP contribution in [0.2, 0.25) is 0 Å². The van der Waals surface area contributed by atoms with Crippen molar-refractivity contribution in [2.45, 2.75) is 39.3 Å². The van der Waals surface area contributed by atoms with E-state index >= 15 is 0 Å². The molecule has 0 aliphatic carbocycles. The van der Waals surface area contributed by atoms with Gasteiger partial charge in [0.05, 0.1) is 0 Å². The predicted molar refractivity (Wildman–Crippen MR) is 77.7 cm³/mol. The first-order chi connectivity index (χ1) is 8.65. The van der Waals surface area contributed by atoms with E-state index in [2.05, 4.69) is 55.4 Å². The van der Waals surface area contributed by atoms with Crippen molar-refractivity contribution >= 4 is 0 Å².